The highest BCUT2D eigenvalue weighted by Gasteiger charge is 2.16. The molecule has 0 amide bonds. The van der Waals surface area contributed by atoms with Crippen LogP contribution in [0.2, 0.25) is 0 Å². The number of hydrogen-bond donors (Lipinski definition) is 0. The molecule has 0 N–H and O–H groups in total. The van der Waals surface area contributed by atoms with Gasteiger partial charge in [-0.25, -0.2) is 0 Å². The smallest absolute Gasteiger partial charge is 0.191 e. The highest BCUT2D eigenvalue weighted by atomic mass is 32.2. The minimum Gasteiger partial charge on any atom is -0.381 e. The van der Waals surface area contributed by atoms with Crippen molar-refractivity contribution in [3.63, 3.8) is 0 Å². The molecule has 0 aliphatic carbocycles. The van der Waals surface area contributed by atoms with Gasteiger partial charge in [0, 0.05) is 74.4 Å². The summed E-state index contributed by atoms with van der Waals surface area (Å²) in [7, 11) is 0. The lowest BCUT2D eigenvalue weighted by Crippen LogP contribution is -2.07. The number of Topliss-reactive ketones (excluding diaryl/α,β-unsaturated/α-hetero) is 1. The van der Waals surface area contributed by atoms with Crippen LogP contribution < -0.4 is 0 Å². The highest BCUT2D eigenvalue weighted by molar-refractivity contribution is 7.99. The summed E-state index contributed by atoms with van der Waals surface area (Å²) < 4.78 is 9.13. The first-order valence-electron chi connectivity index (χ1n) is 20.5. The molecule has 1 aliphatic heterocycles. The summed E-state index contributed by atoms with van der Waals surface area (Å²) in [6.45, 7) is 16.6. The Morgan fingerprint density at radius 2 is 1.17 bits per heavy atom. The van der Waals surface area contributed by atoms with E-state index in [1.54, 1.807) is 30.4 Å². The quantitative estimate of drug-likeness (QED) is 0.0689. The van der Waals surface area contributed by atoms with Crippen molar-refractivity contribution >= 4 is 29.3 Å². The van der Waals surface area contributed by atoms with E-state index < -0.39 is 0 Å². The number of aromatic nitrogens is 8. The van der Waals surface area contributed by atoms with Crippen LogP contribution in [0.3, 0.4) is 0 Å². The molecule has 0 unspecified atom stereocenters. The third kappa shape index (κ3) is 14.5. The largest absolute Gasteiger partial charge is 0.381 e. The van der Waals surface area contributed by atoms with E-state index in [4.69, 9.17) is 4.74 Å². The maximum absolute atomic E-state index is 12.4. The van der Waals surface area contributed by atoms with Crippen molar-refractivity contribution in [2.24, 2.45) is 0 Å². The third-order valence-corrected chi connectivity index (χ3v) is 11.7. The molecule has 0 radical (unpaired) electrons. The Hall–Kier alpha value is -4.65. The number of carbonyl (C=O) groups is 1. The average molecular weight is 835 g/mol. The monoisotopic (exact) mass is 834 g/mol. The van der Waals surface area contributed by atoms with Crippen molar-refractivity contribution in [1.82, 2.24) is 39.5 Å². The van der Waals surface area contributed by atoms with Gasteiger partial charge < -0.3 is 13.9 Å². The van der Waals surface area contributed by atoms with Gasteiger partial charge in [-0.15, -0.1) is 20.4 Å². The molecule has 1 fully saturated rings. The molecular weight excluding hydrogens is 773 g/mol. The van der Waals surface area contributed by atoms with Gasteiger partial charge in [0.05, 0.1) is 5.75 Å². The van der Waals surface area contributed by atoms with E-state index in [0.717, 1.165) is 83.5 Å². The first-order chi connectivity index (χ1) is 28.3. The first kappa shape index (κ1) is 47.0. The number of thioether (sulfide) groups is 2. The van der Waals surface area contributed by atoms with Gasteiger partial charge in [-0.3, -0.25) is 14.8 Å². The maximum atomic E-state index is 12.4. The summed E-state index contributed by atoms with van der Waals surface area (Å²) in [6.07, 6.45) is 12.4. The summed E-state index contributed by atoms with van der Waals surface area (Å²) in [5, 5.41) is 19.1. The zero-order chi connectivity index (χ0) is 41.1. The maximum Gasteiger partial charge on any atom is 0.191 e. The summed E-state index contributed by atoms with van der Waals surface area (Å²) in [4.78, 5) is 20.7. The summed E-state index contributed by atoms with van der Waals surface area (Å²) in [5.41, 5.74) is 7.09. The van der Waals surface area contributed by atoms with E-state index in [0.29, 0.717) is 24.0 Å². The van der Waals surface area contributed by atoms with Gasteiger partial charge in [0.15, 0.2) is 22.0 Å². The second-order valence-corrected chi connectivity index (χ2v) is 16.7. The van der Waals surface area contributed by atoms with Crippen molar-refractivity contribution in [2.75, 3.05) is 24.7 Å². The SMILES string of the molecule is C.C1CCOC1.CCn1c(SCC(=O)Cc2ccc(C(C)C)cc2)nnc1-c1cccnc1.CCn1c(SCCCc2ccc(C(C)C)cc2)nnc1-c1cccnc1. The Balaban J connectivity index is 0.000000229. The molecule has 7 rings (SSSR count). The summed E-state index contributed by atoms with van der Waals surface area (Å²) >= 11 is 3.23. The normalized spacial score (nSPS) is 12.1. The molecular formula is C47H62N8O2S2. The summed E-state index contributed by atoms with van der Waals surface area (Å²) in [5.74, 6) is 4.38. The van der Waals surface area contributed by atoms with Crippen LogP contribution in [0.5, 0.6) is 0 Å². The minimum atomic E-state index is 0. The number of pyridine rings is 2. The van der Waals surface area contributed by atoms with Crippen LogP contribution in [0.4, 0.5) is 0 Å². The van der Waals surface area contributed by atoms with Gasteiger partial charge in [-0.2, -0.15) is 0 Å². The molecule has 314 valence electrons. The van der Waals surface area contributed by atoms with Gasteiger partial charge in [-0.05, 0) is 97.9 Å². The lowest BCUT2D eigenvalue weighted by molar-refractivity contribution is -0.116. The predicted octanol–water partition coefficient (Wildman–Crippen LogP) is 11.0. The second kappa shape index (κ2) is 25.1. The molecule has 0 spiro atoms. The molecule has 6 aromatic rings. The van der Waals surface area contributed by atoms with Gasteiger partial charge in [0.2, 0.25) is 0 Å². The van der Waals surface area contributed by atoms with Crippen LogP contribution in [0, 0.1) is 0 Å². The van der Waals surface area contributed by atoms with Crippen LogP contribution in [-0.2, 0) is 35.5 Å². The Labute approximate surface area is 360 Å². The number of ether oxygens (including phenoxy) is 1. The number of benzene rings is 2. The zero-order valence-electron chi connectivity index (χ0n) is 34.9. The first-order valence-corrected chi connectivity index (χ1v) is 22.4. The van der Waals surface area contributed by atoms with Crippen molar-refractivity contribution in [1.29, 1.82) is 0 Å². The molecule has 12 heteroatoms. The van der Waals surface area contributed by atoms with E-state index >= 15 is 0 Å². The topological polar surface area (TPSA) is 114 Å². The molecule has 10 nitrogen and oxygen atoms in total. The molecule has 4 aromatic heterocycles. The number of aryl methyl sites for hydroxylation is 1. The standard InChI is InChI=1S/C21H24N4OS.C21H26N4S.C4H8O.CH4/c1-4-25-20(18-6-5-11-22-13-18)23-24-21(25)27-14-19(26)12-16-7-9-17(10-8-16)15(2)3;1-4-25-20(19-8-5-13-22-15-19)23-24-21(25)26-14-6-7-17-9-11-18(12-10-17)16(2)3;1-2-4-5-3-1;/h5-11,13,15H,4,12,14H2,1-3H3;5,8-13,15-16H,4,6-7,14H2,1-3H3;1-4H2;1H4. The number of rotatable bonds is 16. The number of carbonyl (C=O) groups excluding carboxylic acids is 1. The van der Waals surface area contributed by atoms with Crippen molar-refractivity contribution in [3.8, 4) is 22.8 Å². The molecule has 2 aromatic carbocycles. The highest BCUT2D eigenvalue weighted by Crippen LogP contribution is 2.26. The molecule has 5 heterocycles. The molecule has 0 bridgehead atoms. The second-order valence-electron chi connectivity index (χ2n) is 14.7. The molecule has 1 saturated heterocycles. The molecule has 1 aliphatic rings. The van der Waals surface area contributed by atoms with E-state index in [1.807, 2.05) is 54.1 Å². The van der Waals surface area contributed by atoms with Crippen LogP contribution in [0.1, 0.15) is 102 Å². The van der Waals surface area contributed by atoms with Gasteiger partial charge in [-0.1, -0.05) is 107 Å². The Morgan fingerprint density at radius 1 is 0.678 bits per heavy atom. The Morgan fingerprint density at radius 3 is 1.59 bits per heavy atom. The fraction of sp³-hybridized carbons (Fsp3) is 0.426. The predicted molar refractivity (Wildman–Crippen MR) is 244 cm³/mol. The van der Waals surface area contributed by atoms with E-state index in [9.17, 15) is 4.79 Å². The third-order valence-electron chi connectivity index (χ3n) is 9.63. The Kier molecular flexibility index (Phi) is 20.0. The Bertz CT molecular complexity index is 2070. The van der Waals surface area contributed by atoms with Crippen LogP contribution in [0.15, 0.2) is 108 Å². The van der Waals surface area contributed by atoms with Gasteiger partial charge >= 0.3 is 0 Å². The van der Waals surface area contributed by atoms with Crippen LogP contribution in [0.25, 0.3) is 22.8 Å². The van der Waals surface area contributed by atoms with Crippen LogP contribution in [-0.4, -0.2) is 70.0 Å². The van der Waals surface area contributed by atoms with Crippen molar-refractivity contribution < 1.29 is 9.53 Å². The van der Waals surface area contributed by atoms with Gasteiger partial charge in [0.25, 0.3) is 0 Å². The molecule has 0 atom stereocenters. The summed E-state index contributed by atoms with van der Waals surface area (Å²) in [6, 6.07) is 25.1. The lowest BCUT2D eigenvalue weighted by Gasteiger charge is -2.08. The molecule has 0 saturated carbocycles. The van der Waals surface area contributed by atoms with Crippen LogP contribution >= 0.6 is 23.5 Å². The zero-order valence-corrected chi connectivity index (χ0v) is 36.5. The molecule has 59 heavy (non-hydrogen) atoms. The number of hydrogen-bond acceptors (Lipinski definition) is 10. The number of nitrogens with zero attached hydrogens (tertiary/aromatic N) is 8. The fourth-order valence-electron chi connectivity index (χ4n) is 6.24. The van der Waals surface area contributed by atoms with Crippen molar-refractivity contribution in [2.45, 2.75) is 116 Å². The lowest BCUT2D eigenvalue weighted by atomic mass is 10.0. The van der Waals surface area contributed by atoms with Gasteiger partial charge in [0.1, 0.15) is 5.78 Å². The minimum absolute atomic E-state index is 0. The van der Waals surface area contributed by atoms with Crippen molar-refractivity contribution in [3.05, 3.63) is 120 Å². The average Bonchev–Trinajstić information content (AvgIpc) is 4.06. The van der Waals surface area contributed by atoms with E-state index in [2.05, 4.69) is 106 Å². The van der Waals surface area contributed by atoms with E-state index in [-0.39, 0.29) is 13.2 Å². The fourth-order valence-corrected chi connectivity index (χ4v) is 8.04. The van der Waals surface area contributed by atoms with E-state index in [1.165, 1.54) is 41.3 Å². The number of ketones is 1.